The predicted molar refractivity (Wildman–Crippen MR) is 104 cm³/mol. The average molecular weight is 362 g/mol. The average Bonchev–Trinajstić information content (AvgIpc) is 2.71. The van der Waals surface area contributed by atoms with E-state index in [1.165, 1.54) is 0 Å². The normalized spacial score (nSPS) is 13.4. The summed E-state index contributed by atoms with van der Waals surface area (Å²) in [4.78, 5) is 23.0. The van der Waals surface area contributed by atoms with Crippen molar-refractivity contribution in [2.75, 3.05) is 19.4 Å². The fraction of sp³-hybridized carbons (Fsp3) is 0.286. The highest BCUT2D eigenvalue weighted by Gasteiger charge is 2.22. The van der Waals surface area contributed by atoms with Crippen LogP contribution < -0.4 is 10.5 Å². The van der Waals surface area contributed by atoms with Gasteiger partial charge in [0.1, 0.15) is 5.75 Å². The first-order valence-corrected chi connectivity index (χ1v) is 9.08. The van der Waals surface area contributed by atoms with Crippen LogP contribution in [0.25, 0.3) is 10.8 Å². The molecule has 1 amide bonds. The van der Waals surface area contributed by atoms with Crippen LogP contribution in [0.1, 0.15) is 23.2 Å². The minimum Gasteiger partial charge on any atom is -0.496 e. The Labute approximate surface area is 158 Å². The molecular weight excluding hydrogens is 340 g/mol. The Kier molecular flexibility index (Phi) is 4.62. The van der Waals surface area contributed by atoms with Crippen LogP contribution in [-0.4, -0.2) is 34.4 Å². The molecule has 6 heteroatoms. The van der Waals surface area contributed by atoms with Gasteiger partial charge < -0.3 is 15.4 Å². The number of nitrogens with zero attached hydrogens (tertiary/aromatic N) is 3. The predicted octanol–water partition coefficient (Wildman–Crippen LogP) is 2.74. The van der Waals surface area contributed by atoms with Gasteiger partial charge in [-0.2, -0.15) is 0 Å². The number of anilines is 1. The number of nitrogen functional groups attached to an aromatic ring is 1. The van der Waals surface area contributed by atoms with Gasteiger partial charge in [-0.1, -0.05) is 30.3 Å². The number of methoxy groups -OCH3 is 1. The Hall–Kier alpha value is -3.15. The molecule has 0 atom stereocenters. The molecule has 1 aliphatic heterocycles. The van der Waals surface area contributed by atoms with Gasteiger partial charge in [-0.15, -0.1) is 0 Å². The van der Waals surface area contributed by atoms with E-state index in [0.717, 1.165) is 39.8 Å². The Morgan fingerprint density at radius 3 is 2.96 bits per heavy atom. The number of fused-ring (bicyclic) bond motifs is 2. The molecular formula is C21H22N4O2. The van der Waals surface area contributed by atoms with Crippen molar-refractivity contribution in [2.24, 2.45) is 0 Å². The van der Waals surface area contributed by atoms with Crippen molar-refractivity contribution in [3.05, 3.63) is 59.4 Å². The summed E-state index contributed by atoms with van der Waals surface area (Å²) in [6.45, 7) is 1.18. The van der Waals surface area contributed by atoms with Gasteiger partial charge in [0.05, 0.1) is 19.3 Å². The zero-order chi connectivity index (χ0) is 18.8. The number of benzene rings is 2. The molecule has 0 aliphatic carbocycles. The van der Waals surface area contributed by atoms with Gasteiger partial charge in [-0.05, 0) is 35.2 Å². The molecule has 2 N–H and O–H groups in total. The van der Waals surface area contributed by atoms with E-state index < -0.39 is 0 Å². The van der Waals surface area contributed by atoms with Gasteiger partial charge in [-0.25, -0.2) is 9.97 Å². The van der Waals surface area contributed by atoms with Crippen molar-refractivity contribution >= 4 is 22.6 Å². The topological polar surface area (TPSA) is 81.3 Å². The van der Waals surface area contributed by atoms with E-state index in [0.29, 0.717) is 25.9 Å². The fourth-order valence-corrected chi connectivity index (χ4v) is 3.69. The number of carbonyl (C=O) groups is 1. The van der Waals surface area contributed by atoms with Gasteiger partial charge in [0.25, 0.3) is 0 Å². The van der Waals surface area contributed by atoms with Gasteiger partial charge >= 0.3 is 0 Å². The summed E-state index contributed by atoms with van der Waals surface area (Å²) in [6, 6.07) is 12.2. The number of ether oxygens (including phenoxy) is 1. The Bertz CT molecular complexity index is 1000. The molecule has 1 aliphatic rings. The standard InChI is InChI=1S/C21H22N4O2/c1-27-19-8-6-14-4-2-3-5-16(14)17(19)7-9-20(26)25-11-10-15-12-23-21(22)24-18(15)13-25/h2-6,8,12H,7,9-11,13H2,1H3,(H2,22,23,24). The number of rotatable bonds is 4. The van der Waals surface area contributed by atoms with Crippen LogP contribution in [0, 0.1) is 0 Å². The summed E-state index contributed by atoms with van der Waals surface area (Å²) in [7, 11) is 1.67. The molecule has 0 bridgehead atoms. The molecule has 0 saturated carbocycles. The van der Waals surface area contributed by atoms with E-state index in [9.17, 15) is 4.79 Å². The lowest BCUT2D eigenvalue weighted by atomic mass is 9.99. The second-order valence-electron chi connectivity index (χ2n) is 6.73. The number of aryl methyl sites for hydroxylation is 1. The molecule has 1 aromatic heterocycles. The van der Waals surface area contributed by atoms with E-state index in [1.807, 2.05) is 29.2 Å². The van der Waals surface area contributed by atoms with Crippen molar-refractivity contribution in [1.29, 1.82) is 0 Å². The van der Waals surface area contributed by atoms with Crippen LogP contribution in [0.3, 0.4) is 0 Å². The Balaban J connectivity index is 1.51. The first-order valence-electron chi connectivity index (χ1n) is 9.08. The highest BCUT2D eigenvalue weighted by molar-refractivity contribution is 5.88. The summed E-state index contributed by atoms with van der Waals surface area (Å²) in [5, 5.41) is 2.29. The van der Waals surface area contributed by atoms with Crippen molar-refractivity contribution in [1.82, 2.24) is 14.9 Å². The van der Waals surface area contributed by atoms with Crippen molar-refractivity contribution in [2.45, 2.75) is 25.8 Å². The number of hydrogen-bond acceptors (Lipinski definition) is 5. The maximum Gasteiger partial charge on any atom is 0.223 e. The fourth-order valence-electron chi connectivity index (χ4n) is 3.69. The molecule has 0 unspecified atom stereocenters. The number of hydrogen-bond donors (Lipinski definition) is 1. The lowest BCUT2D eigenvalue weighted by Gasteiger charge is -2.28. The molecule has 2 aromatic carbocycles. The highest BCUT2D eigenvalue weighted by atomic mass is 16.5. The molecule has 6 nitrogen and oxygen atoms in total. The maximum atomic E-state index is 12.8. The number of aromatic nitrogens is 2. The summed E-state index contributed by atoms with van der Waals surface area (Å²) in [5.41, 5.74) is 8.68. The third-order valence-electron chi connectivity index (χ3n) is 5.12. The SMILES string of the molecule is COc1ccc2ccccc2c1CCC(=O)N1CCc2cnc(N)nc2C1. The smallest absolute Gasteiger partial charge is 0.223 e. The van der Waals surface area contributed by atoms with E-state index in [-0.39, 0.29) is 11.9 Å². The number of carbonyl (C=O) groups excluding carboxylic acids is 1. The largest absolute Gasteiger partial charge is 0.496 e. The maximum absolute atomic E-state index is 12.8. The molecule has 0 spiro atoms. The molecule has 138 valence electrons. The molecule has 3 aromatic rings. The second-order valence-corrected chi connectivity index (χ2v) is 6.73. The zero-order valence-electron chi connectivity index (χ0n) is 15.3. The van der Waals surface area contributed by atoms with Gasteiger partial charge in [0.15, 0.2) is 0 Å². The van der Waals surface area contributed by atoms with E-state index in [4.69, 9.17) is 10.5 Å². The van der Waals surface area contributed by atoms with Crippen molar-refractivity contribution in [3.63, 3.8) is 0 Å². The van der Waals surface area contributed by atoms with Gasteiger partial charge in [0, 0.05) is 24.7 Å². The van der Waals surface area contributed by atoms with Crippen molar-refractivity contribution in [3.8, 4) is 5.75 Å². The summed E-state index contributed by atoms with van der Waals surface area (Å²) < 4.78 is 5.54. The van der Waals surface area contributed by atoms with Crippen LogP contribution in [0.4, 0.5) is 5.95 Å². The molecule has 2 heterocycles. The highest BCUT2D eigenvalue weighted by Crippen LogP contribution is 2.29. The molecule has 0 radical (unpaired) electrons. The zero-order valence-corrected chi connectivity index (χ0v) is 15.3. The van der Waals surface area contributed by atoms with Crippen LogP contribution in [-0.2, 0) is 24.2 Å². The van der Waals surface area contributed by atoms with Gasteiger partial charge in [0.2, 0.25) is 11.9 Å². The van der Waals surface area contributed by atoms with Gasteiger partial charge in [-0.3, -0.25) is 4.79 Å². The number of amides is 1. The molecule has 0 fully saturated rings. The van der Waals surface area contributed by atoms with Crippen LogP contribution in [0.2, 0.25) is 0 Å². The van der Waals surface area contributed by atoms with Crippen molar-refractivity contribution < 1.29 is 9.53 Å². The van der Waals surface area contributed by atoms with E-state index in [2.05, 4.69) is 22.1 Å². The van der Waals surface area contributed by atoms with Crippen LogP contribution in [0.15, 0.2) is 42.6 Å². The molecule has 0 saturated heterocycles. The monoisotopic (exact) mass is 362 g/mol. The van der Waals surface area contributed by atoms with Crippen LogP contribution >= 0.6 is 0 Å². The minimum atomic E-state index is 0.118. The summed E-state index contributed by atoms with van der Waals surface area (Å²) in [6.07, 6.45) is 3.60. The third-order valence-corrected chi connectivity index (χ3v) is 5.12. The lowest BCUT2D eigenvalue weighted by molar-refractivity contribution is -0.132. The second kappa shape index (κ2) is 7.23. The molecule has 27 heavy (non-hydrogen) atoms. The van der Waals surface area contributed by atoms with E-state index in [1.54, 1.807) is 13.3 Å². The quantitative estimate of drug-likeness (QED) is 0.772. The molecule has 4 rings (SSSR count). The summed E-state index contributed by atoms with van der Waals surface area (Å²) in [5.74, 6) is 1.20. The number of nitrogens with two attached hydrogens (primary N) is 1. The summed E-state index contributed by atoms with van der Waals surface area (Å²) >= 11 is 0. The Morgan fingerprint density at radius 2 is 2.11 bits per heavy atom. The first-order chi connectivity index (χ1) is 13.2. The lowest BCUT2D eigenvalue weighted by Crippen LogP contribution is -2.36. The van der Waals surface area contributed by atoms with E-state index >= 15 is 0 Å². The minimum absolute atomic E-state index is 0.118. The third kappa shape index (κ3) is 3.43. The van der Waals surface area contributed by atoms with Crippen LogP contribution in [0.5, 0.6) is 5.75 Å². The Morgan fingerprint density at radius 1 is 1.26 bits per heavy atom. The first kappa shape index (κ1) is 17.3.